The van der Waals surface area contributed by atoms with Crippen molar-refractivity contribution in [1.82, 2.24) is 20.5 Å². The zero-order chi connectivity index (χ0) is 16.7. The van der Waals surface area contributed by atoms with Crippen LogP contribution in [-0.4, -0.2) is 61.3 Å². The van der Waals surface area contributed by atoms with E-state index in [1.807, 2.05) is 12.3 Å². The van der Waals surface area contributed by atoms with Crippen LogP contribution in [0.1, 0.15) is 25.1 Å². The highest BCUT2D eigenvalue weighted by Crippen LogP contribution is 2.15. The Kier molecular flexibility index (Phi) is 8.93. The van der Waals surface area contributed by atoms with Crippen molar-refractivity contribution < 1.29 is 4.74 Å². The van der Waals surface area contributed by atoms with E-state index in [1.165, 1.54) is 5.56 Å². The van der Waals surface area contributed by atoms with E-state index in [0.29, 0.717) is 6.54 Å². The van der Waals surface area contributed by atoms with Crippen LogP contribution in [0.3, 0.4) is 0 Å². The molecule has 24 heavy (non-hydrogen) atoms. The summed E-state index contributed by atoms with van der Waals surface area (Å²) in [6.07, 6.45) is 1.82. The van der Waals surface area contributed by atoms with Crippen LogP contribution < -0.4 is 10.6 Å². The predicted octanol–water partition coefficient (Wildman–Crippen LogP) is 1.78. The number of halogens is 1. The first-order chi connectivity index (χ1) is 11.0. The molecule has 2 heterocycles. The van der Waals surface area contributed by atoms with Crippen LogP contribution in [0.15, 0.2) is 23.3 Å². The summed E-state index contributed by atoms with van der Waals surface area (Å²) in [6.45, 7) is 11.7. The van der Waals surface area contributed by atoms with Crippen molar-refractivity contribution in [2.24, 2.45) is 4.99 Å². The molecule has 1 fully saturated rings. The van der Waals surface area contributed by atoms with Gasteiger partial charge in [-0.25, -0.2) is 0 Å². The maximum atomic E-state index is 5.44. The van der Waals surface area contributed by atoms with Crippen molar-refractivity contribution in [3.05, 3.63) is 29.6 Å². The van der Waals surface area contributed by atoms with Crippen molar-refractivity contribution in [3.8, 4) is 0 Å². The predicted molar refractivity (Wildman–Crippen MR) is 109 cm³/mol. The Balaban J connectivity index is 0.00000288. The monoisotopic (exact) mass is 447 g/mol. The summed E-state index contributed by atoms with van der Waals surface area (Å²) in [5, 5.41) is 6.76. The lowest BCUT2D eigenvalue weighted by atomic mass is 10.0. The standard InChI is InChI=1S/C17H29N5O.HI/c1-14-6-5-7-19-15(14)12-20-16(18-4)21-13-17(2,3)22-8-10-23-11-9-22;/h5-7H,8-13H2,1-4H3,(H2,18,20,21);1H. The second-order valence-electron chi connectivity index (χ2n) is 6.46. The molecule has 0 unspecified atom stereocenters. The molecule has 0 bridgehead atoms. The van der Waals surface area contributed by atoms with E-state index in [-0.39, 0.29) is 29.5 Å². The number of nitrogens with zero attached hydrogens (tertiary/aromatic N) is 3. The summed E-state index contributed by atoms with van der Waals surface area (Å²) >= 11 is 0. The van der Waals surface area contributed by atoms with Gasteiger partial charge in [-0.2, -0.15) is 0 Å². The van der Waals surface area contributed by atoms with Gasteiger partial charge in [0.2, 0.25) is 0 Å². The van der Waals surface area contributed by atoms with Gasteiger partial charge in [-0.05, 0) is 32.4 Å². The lowest BCUT2D eigenvalue weighted by Gasteiger charge is -2.41. The average Bonchev–Trinajstić information content (AvgIpc) is 2.57. The van der Waals surface area contributed by atoms with E-state index in [9.17, 15) is 0 Å². The number of aromatic nitrogens is 1. The fraction of sp³-hybridized carbons (Fsp3) is 0.647. The van der Waals surface area contributed by atoms with Crippen LogP contribution >= 0.6 is 24.0 Å². The van der Waals surface area contributed by atoms with Crippen molar-refractivity contribution in [3.63, 3.8) is 0 Å². The van der Waals surface area contributed by atoms with Crippen molar-refractivity contribution in [2.45, 2.75) is 32.9 Å². The molecule has 1 aliphatic heterocycles. The summed E-state index contributed by atoms with van der Waals surface area (Å²) in [5.41, 5.74) is 2.29. The minimum Gasteiger partial charge on any atom is -0.379 e. The quantitative estimate of drug-likeness (QED) is 0.410. The highest BCUT2D eigenvalue weighted by atomic mass is 127. The maximum Gasteiger partial charge on any atom is 0.191 e. The van der Waals surface area contributed by atoms with E-state index in [4.69, 9.17) is 4.74 Å². The van der Waals surface area contributed by atoms with Gasteiger partial charge in [0.1, 0.15) is 0 Å². The summed E-state index contributed by atoms with van der Waals surface area (Å²) in [7, 11) is 1.79. The third-order valence-electron chi connectivity index (χ3n) is 4.32. The van der Waals surface area contributed by atoms with Gasteiger partial charge in [0.05, 0.1) is 25.5 Å². The first kappa shape index (κ1) is 21.1. The topological polar surface area (TPSA) is 61.8 Å². The largest absolute Gasteiger partial charge is 0.379 e. The highest BCUT2D eigenvalue weighted by Gasteiger charge is 2.28. The molecular formula is C17H30IN5O. The van der Waals surface area contributed by atoms with Crippen LogP contribution in [0, 0.1) is 6.92 Å². The molecule has 0 spiro atoms. The van der Waals surface area contributed by atoms with Gasteiger partial charge in [0.15, 0.2) is 5.96 Å². The number of pyridine rings is 1. The van der Waals surface area contributed by atoms with E-state index >= 15 is 0 Å². The SMILES string of the molecule is CN=C(NCc1ncccc1C)NCC(C)(C)N1CCOCC1.I. The molecule has 7 heteroatoms. The van der Waals surface area contributed by atoms with Crippen molar-refractivity contribution in [1.29, 1.82) is 0 Å². The Morgan fingerprint density at radius 3 is 2.67 bits per heavy atom. The maximum absolute atomic E-state index is 5.44. The van der Waals surface area contributed by atoms with E-state index in [0.717, 1.165) is 44.5 Å². The smallest absolute Gasteiger partial charge is 0.191 e. The molecule has 0 saturated carbocycles. The molecule has 0 radical (unpaired) electrons. The zero-order valence-corrected chi connectivity index (χ0v) is 17.5. The van der Waals surface area contributed by atoms with Gasteiger partial charge in [0.25, 0.3) is 0 Å². The number of hydrogen-bond acceptors (Lipinski definition) is 4. The molecule has 0 aromatic carbocycles. The minimum absolute atomic E-state index is 0. The molecule has 1 saturated heterocycles. The third-order valence-corrected chi connectivity index (χ3v) is 4.32. The number of aliphatic imine (C=N–C) groups is 1. The summed E-state index contributed by atoms with van der Waals surface area (Å²) < 4.78 is 5.44. The molecular weight excluding hydrogens is 417 g/mol. The Hall–Kier alpha value is -0.930. The van der Waals surface area contributed by atoms with Gasteiger partial charge in [0, 0.05) is 38.4 Å². The van der Waals surface area contributed by atoms with Gasteiger partial charge in [-0.3, -0.25) is 14.9 Å². The van der Waals surface area contributed by atoms with Gasteiger partial charge in [-0.15, -0.1) is 24.0 Å². The molecule has 6 nitrogen and oxygen atoms in total. The average molecular weight is 447 g/mol. The highest BCUT2D eigenvalue weighted by molar-refractivity contribution is 14.0. The lowest BCUT2D eigenvalue weighted by molar-refractivity contribution is -0.00834. The normalized spacial score (nSPS) is 16.4. The first-order valence-corrected chi connectivity index (χ1v) is 8.21. The third kappa shape index (κ3) is 6.18. The number of ether oxygens (including phenoxy) is 1. The zero-order valence-electron chi connectivity index (χ0n) is 15.1. The number of aryl methyl sites for hydroxylation is 1. The Labute approximate surface area is 162 Å². The molecule has 136 valence electrons. The molecule has 1 aromatic heterocycles. The molecule has 1 aliphatic rings. The molecule has 1 aromatic rings. The summed E-state index contributed by atoms with van der Waals surface area (Å²) in [6, 6.07) is 4.03. The van der Waals surface area contributed by atoms with E-state index in [1.54, 1.807) is 7.05 Å². The number of hydrogen-bond donors (Lipinski definition) is 2. The Morgan fingerprint density at radius 1 is 1.33 bits per heavy atom. The Morgan fingerprint density at radius 2 is 2.04 bits per heavy atom. The fourth-order valence-electron chi connectivity index (χ4n) is 2.67. The minimum atomic E-state index is 0. The first-order valence-electron chi connectivity index (χ1n) is 8.21. The fourth-order valence-corrected chi connectivity index (χ4v) is 2.67. The number of guanidine groups is 1. The van der Waals surface area contributed by atoms with Gasteiger partial charge >= 0.3 is 0 Å². The summed E-state index contributed by atoms with van der Waals surface area (Å²) in [5.74, 6) is 0.802. The molecule has 2 N–H and O–H groups in total. The van der Waals surface area contributed by atoms with Gasteiger partial charge in [-0.1, -0.05) is 6.07 Å². The number of rotatable bonds is 5. The lowest BCUT2D eigenvalue weighted by Crippen LogP contribution is -2.56. The van der Waals surface area contributed by atoms with E-state index in [2.05, 4.69) is 52.3 Å². The molecule has 0 aliphatic carbocycles. The second-order valence-corrected chi connectivity index (χ2v) is 6.46. The van der Waals surface area contributed by atoms with Crippen LogP contribution in [0.4, 0.5) is 0 Å². The summed E-state index contributed by atoms with van der Waals surface area (Å²) in [4.78, 5) is 11.2. The van der Waals surface area contributed by atoms with Crippen molar-refractivity contribution in [2.75, 3.05) is 39.9 Å². The van der Waals surface area contributed by atoms with Gasteiger partial charge < -0.3 is 15.4 Å². The number of nitrogens with one attached hydrogen (secondary N) is 2. The van der Waals surface area contributed by atoms with Crippen LogP contribution in [-0.2, 0) is 11.3 Å². The van der Waals surface area contributed by atoms with E-state index < -0.39 is 0 Å². The Bertz CT molecular complexity index is 529. The van der Waals surface area contributed by atoms with Crippen LogP contribution in [0.25, 0.3) is 0 Å². The van der Waals surface area contributed by atoms with Crippen molar-refractivity contribution >= 4 is 29.9 Å². The van der Waals surface area contributed by atoms with Crippen LogP contribution in [0.5, 0.6) is 0 Å². The second kappa shape index (κ2) is 10.1. The molecule has 0 amide bonds. The van der Waals surface area contributed by atoms with Crippen LogP contribution in [0.2, 0.25) is 0 Å². The number of morpholine rings is 1. The molecule has 0 atom stereocenters. The molecule has 2 rings (SSSR count).